The SMILES string of the molecule is CCOc1cccc(C(=O)OC(=O)C[C@@H](N)NS(=O)(=O)c2ccccc2)c1N(C(=N)N)c1ccccc1. The van der Waals surface area contributed by atoms with Crippen LogP contribution < -0.4 is 25.8 Å². The standard InChI is InChI=1S/C25H27N5O6S/c1-2-35-20-15-9-14-19(23(20)30(25(27)28)17-10-5-3-6-11-17)24(32)36-22(31)16-21(26)29-37(33,34)18-12-7-4-8-13-18/h3-15,21,29H,2,16,26H2,1H3,(H3,27,28)/t21-/m0/s1. The molecule has 12 heteroatoms. The van der Waals surface area contributed by atoms with Crippen molar-refractivity contribution in [1.82, 2.24) is 4.72 Å². The smallest absolute Gasteiger partial charge is 0.348 e. The predicted octanol–water partition coefficient (Wildman–Crippen LogP) is 2.45. The van der Waals surface area contributed by atoms with Gasteiger partial charge in [0.05, 0.1) is 29.7 Å². The second-order valence-corrected chi connectivity index (χ2v) is 9.36. The van der Waals surface area contributed by atoms with Gasteiger partial charge in [0, 0.05) is 5.69 Å². The number of carbonyl (C=O) groups excluding carboxylic acids is 2. The molecule has 1 atom stereocenters. The lowest BCUT2D eigenvalue weighted by molar-refractivity contribution is -0.138. The minimum Gasteiger partial charge on any atom is -0.492 e. The van der Waals surface area contributed by atoms with E-state index in [1.165, 1.54) is 29.2 Å². The molecule has 11 nitrogen and oxygen atoms in total. The number of para-hydroxylation sites is 2. The van der Waals surface area contributed by atoms with Gasteiger partial charge in [-0.05, 0) is 43.3 Å². The zero-order valence-corrected chi connectivity index (χ0v) is 20.8. The number of carbonyl (C=O) groups is 2. The third kappa shape index (κ3) is 6.91. The summed E-state index contributed by atoms with van der Waals surface area (Å²) < 4.78 is 37.7. The summed E-state index contributed by atoms with van der Waals surface area (Å²) in [7, 11) is -3.98. The van der Waals surface area contributed by atoms with Crippen molar-refractivity contribution in [2.75, 3.05) is 11.5 Å². The third-order valence-electron chi connectivity index (χ3n) is 4.95. The Hall–Kier alpha value is -4.26. The van der Waals surface area contributed by atoms with Crippen molar-refractivity contribution in [3.05, 3.63) is 84.4 Å². The molecule has 3 rings (SSSR count). The molecule has 3 aromatic carbocycles. The average molecular weight is 526 g/mol. The molecule has 0 radical (unpaired) electrons. The maximum atomic E-state index is 13.1. The van der Waals surface area contributed by atoms with Crippen LogP contribution in [0.25, 0.3) is 0 Å². The van der Waals surface area contributed by atoms with Crippen molar-refractivity contribution >= 4 is 39.3 Å². The van der Waals surface area contributed by atoms with Crippen LogP contribution in [-0.4, -0.2) is 39.1 Å². The Balaban J connectivity index is 1.83. The number of guanidine groups is 1. The highest BCUT2D eigenvalue weighted by molar-refractivity contribution is 7.89. The first-order chi connectivity index (χ1) is 17.6. The van der Waals surface area contributed by atoms with Crippen molar-refractivity contribution in [2.24, 2.45) is 11.5 Å². The van der Waals surface area contributed by atoms with Crippen LogP contribution >= 0.6 is 0 Å². The second-order valence-electron chi connectivity index (χ2n) is 7.65. The van der Waals surface area contributed by atoms with Crippen LogP contribution in [0.4, 0.5) is 11.4 Å². The quantitative estimate of drug-likeness (QED) is 0.102. The highest BCUT2D eigenvalue weighted by Gasteiger charge is 2.28. The largest absolute Gasteiger partial charge is 0.492 e. The Bertz CT molecular complexity index is 1370. The van der Waals surface area contributed by atoms with Gasteiger partial charge in [-0.1, -0.05) is 42.5 Å². The molecule has 0 spiro atoms. The van der Waals surface area contributed by atoms with E-state index >= 15 is 0 Å². The Morgan fingerprint density at radius 3 is 2.22 bits per heavy atom. The van der Waals surface area contributed by atoms with Gasteiger partial charge in [-0.15, -0.1) is 0 Å². The summed E-state index contributed by atoms with van der Waals surface area (Å²) in [5, 5.41) is 8.13. The first kappa shape index (κ1) is 27.3. The summed E-state index contributed by atoms with van der Waals surface area (Å²) in [5.74, 6) is -2.29. The van der Waals surface area contributed by atoms with Gasteiger partial charge in [0.1, 0.15) is 11.4 Å². The molecule has 0 aliphatic carbocycles. The van der Waals surface area contributed by atoms with E-state index in [0.29, 0.717) is 5.69 Å². The molecule has 0 unspecified atom stereocenters. The summed E-state index contributed by atoms with van der Waals surface area (Å²) >= 11 is 0. The molecule has 0 aliphatic heterocycles. The molecule has 6 N–H and O–H groups in total. The molecule has 0 amide bonds. The number of sulfonamides is 1. The number of benzene rings is 3. The lowest BCUT2D eigenvalue weighted by atomic mass is 10.1. The zero-order valence-electron chi connectivity index (χ0n) is 20.0. The highest BCUT2D eigenvalue weighted by atomic mass is 32.2. The Morgan fingerprint density at radius 1 is 1.00 bits per heavy atom. The minimum atomic E-state index is -3.98. The molecule has 0 saturated heterocycles. The van der Waals surface area contributed by atoms with Crippen molar-refractivity contribution in [1.29, 1.82) is 5.41 Å². The van der Waals surface area contributed by atoms with Gasteiger partial charge in [0.2, 0.25) is 10.0 Å². The summed E-state index contributed by atoms with van der Waals surface area (Å²) in [5.41, 5.74) is 12.1. The number of nitrogens with zero attached hydrogens (tertiary/aromatic N) is 1. The number of hydrogen-bond donors (Lipinski definition) is 4. The van der Waals surface area contributed by atoms with Crippen LogP contribution in [-0.2, 0) is 19.6 Å². The number of anilines is 2. The van der Waals surface area contributed by atoms with Gasteiger partial charge in [0.25, 0.3) is 0 Å². The fourth-order valence-electron chi connectivity index (χ4n) is 3.44. The topological polar surface area (TPSA) is 178 Å². The van der Waals surface area contributed by atoms with Crippen molar-refractivity contribution in [3.63, 3.8) is 0 Å². The van der Waals surface area contributed by atoms with E-state index in [-0.39, 0.29) is 28.5 Å². The Labute approximate surface area is 214 Å². The lowest BCUT2D eigenvalue weighted by Crippen LogP contribution is -2.43. The molecule has 0 saturated carbocycles. The molecular formula is C25H27N5O6S. The predicted molar refractivity (Wildman–Crippen MR) is 138 cm³/mol. The molecule has 0 aliphatic rings. The van der Waals surface area contributed by atoms with Gasteiger partial charge >= 0.3 is 11.9 Å². The average Bonchev–Trinajstić information content (AvgIpc) is 2.85. The van der Waals surface area contributed by atoms with E-state index in [0.717, 1.165) is 0 Å². The monoisotopic (exact) mass is 525 g/mol. The molecule has 37 heavy (non-hydrogen) atoms. The van der Waals surface area contributed by atoms with E-state index in [2.05, 4.69) is 4.72 Å². The third-order valence-corrected chi connectivity index (χ3v) is 6.46. The van der Waals surface area contributed by atoms with E-state index in [1.54, 1.807) is 61.5 Å². The van der Waals surface area contributed by atoms with E-state index in [1.807, 2.05) is 0 Å². The number of nitrogens with one attached hydrogen (secondary N) is 2. The van der Waals surface area contributed by atoms with Gasteiger partial charge < -0.3 is 20.9 Å². The minimum absolute atomic E-state index is 0.0301. The molecule has 0 fully saturated rings. The first-order valence-electron chi connectivity index (χ1n) is 11.2. The molecule has 3 aromatic rings. The summed E-state index contributed by atoms with van der Waals surface area (Å²) in [6.07, 6.45) is -1.97. The zero-order chi connectivity index (χ0) is 27.0. The molecular weight excluding hydrogens is 498 g/mol. The molecule has 0 heterocycles. The summed E-state index contributed by atoms with van der Waals surface area (Å²) in [6, 6.07) is 20.6. The van der Waals surface area contributed by atoms with Gasteiger partial charge in [-0.2, -0.15) is 4.72 Å². The molecule has 0 bridgehead atoms. The maximum absolute atomic E-state index is 13.1. The molecule has 194 valence electrons. The van der Waals surface area contributed by atoms with Crippen LogP contribution in [0, 0.1) is 5.41 Å². The molecule has 0 aromatic heterocycles. The van der Waals surface area contributed by atoms with Crippen LogP contribution in [0.2, 0.25) is 0 Å². The van der Waals surface area contributed by atoms with Gasteiger partial charge in [-0.25, -0.2) is 13.2 Å². The highest BCUT2D eigenvalue weighted by Crippen LogP contribution is 2.37. The fraction of sp³-hybridized carbons (Fsp3) is 0.160. The Kier molecular flexibility index (Phi) is 8.95. The van der Waals surface area contributed by atoms with Gasteiger partial charge in [0.15, 0.2) is 5.96 Å². The van der Waals surface area contributed by atoms with Crippen molar-refractivity contribution in [3.8, 4) is 5.75 Å². The van der Waals surface area contributed by atoms with Crippen LogP contribution in [0.15, 0.2) is 83.8 Å². The van der Waals surface area contributed by atoms with E-state index in [9.17, 15) is 18.0 Å². The fourth-order valence-corrected chi connectivity index (χ4v) is 4.58. The second kappa shape index (κ2) is 12.1. The normalized spacial score (nSPS) is 11.8. The summed E-state index contributed by atoms with van der Waals surface area (Å²) in [6.45, 7) is 2.00. The lowest BCUT2D eigenvalue weighted by Gasteiger charge is -2.27. The first-order valence-corrected chi connectivity index (χ1v) is 12.6. The van der Waals surface area contributed by atoms with Crippen LogP contribution in [0.5, 0.6) is 5.75 Å². The number of rotatable bonds is 10. The van der Waals surface area contributed by atoms with Crippen LogP contribution in [0.3, 0.4) is 0 Å². The van der Waals surface area contributed by atoms with Crippen LogP contribution in [0.1, 0.15) is 23.7 Å². The Morgan fingerprint density at radius 2 is 1.62 bits per heavy atom. The van der Waals surface area contributed by atoms with E-state index < -0.39 is 40.5 Å². The summed E-state index contributed by atoms with van der Waals surface area (Å²) in [4.78, 5) is 26.8. The van der Waals surface area contributed by atoms with Gasteiger partial charge in [-0.3, -0.25) is 15.1 Å². The van der Waals surface area contributed by atoms with Crippen molar-refractivity contribution in [2.45, 2.75) is 24.4 Å². The number of esters is 2. The number of hydrogen-bond acceptors (Lipinski definition) is 8. The van der Waals surface area contributed by atoms with E-state index in [4.69, 9.17) is 26.4 Å². The number of ether oxygens (including phenoxy) is 2. The maximum Gasteiger partial charge on any atom is 0.348 e. The number of nitrogens with two attached hydrogens (primary N) is 2. The van der Waals surface area contributed by atoms with Crippen molar-refractivity contribution < 1.29 is 27.5 Å².